The van der Waals surface area contributed by atoms with Crippen molar-refractivity contribution in [3.05, 3.63) is 78.6 Å². The molecule has 0 radical (unpaired) electrons. The van der Waals surface area contributed by atoms with Gasteiger partial charge in [-0.2, -0.15) is 0 Å². The normalized spacial score (nSPS) is 17.5. The third-order valence-corrected chi connectivity index (χ3v) is 6.65. The van der Waals surface area contributed by atoms with Gasteiger partial charge in [-0.3, -0.25) is 4.79 Å². The molecular weight excluding hydrogens is 454 g/mol. The van der Waals surface area contributed by atoms with E-state index in [2.05, 4.69) is 32.7 Å². The molecule has 2 aromatic carbocycles. The number of aliphatic carboxylic acids is 1. The Balaban J connectivity index is 1.26. The van der Waals surface area contributed by atoms with Crippen LogP contribution >= 0.6 is 0 Å². The molecule has 0 aliphatic heterocycles. The van der Waals surface area contributed by atoms with Gasteiger partial charge in [0.05, 0.1) is 24.3 Å². The number of hydrogen-bond donors (Lipinski definition) is 2. The lowest BCUT2D eigenvalue weighted by molar-refractivity contribution is -0.143. The fourth-order valence-electron chi connectivity index (χ4n) is 4.67. The summed E-state index contributed by atoms with van der Waals surface area (Å²) in [5.41, 5.74) is 4.90. The second-order valence-corrected chi connectivity index (χ2v) is 9.12. The van der Waals surface area contributed by atoms with Gasteiger partial charge >= 0.3 is 5.97 Å². The first-order valence-electron chi connectivity index (χ1n) is 12.2. The van der Waals surface area contributed by atoms with E-state index in [-0.39, 0.29) is 12.0 Å². The molecule has 184 valence electrons. The van der Waals surface area contributed by atoms with Crippen LogP contribution in [-0.4, -0.2) is 37.2 Å². The first-order chi connectivity index (χ1) is 17.6. The lowest BCUT2D eigenvalue weighted by Gasteiger charge is -2.27. The van der Waals surface area contributed by atoms with Crippen molar-refractivity contribution in [3.63, 3.8) is 0 Å². The second-order valence-electron chi connectivity index (χ2n) is 9.12. The Bertz CT molecular complexity index is 1320. The zero-order valence-electron chi connectivity index (χ0n) is 20.2. The summed E-state index contributed by atoms with van der Waals surface area (Å²) in [5, 5.41) is 21.3. The predicted octanol–water partition coefficient (Wildman–Crippen LogP) is 5.18. The van der Waals surface area contributed by atoms with Crippen LogP contribution in [0.2, 0.25) is 0 Å². The highest BCUT2D eigenvalue weighted by Crippen LogP contribution is 2.30. The van der Waals surface area contributed by atoms with Crippen molar-refractivity contribution < 1.29 is 14.6 Å². The van der Waals surface area contributed by atoms with Crippen LogP contribution < -0.4 is 10.1 Å². The number of ether oxygens (including phenoxy) is 1. The number of carboxylic acids is 1. The van der Waals surface area contributed by atoms with Crippen molar-refractivity contribution in [2.24, 2.45) is 13.0 Å². The Labute approximate surface area is 210 Å². The summed E-state index contributed by atoms with van der Waals surface area (Å²) < 4.78 is 7.86. The Morgan fingerprint density at radius 1 is 1.06 bits per heavy atom. The molecule has 0 amide bonds. The first-order valence-corrected chi connectivity index (χ1v) is 12.2. The molecule has 5 rings (SSSR count). The van der Waals surface area contributed by atoms with Crippen LogP contribution in [0.4, 0.5) is 5.82 Å². The number of nitrogens with zero attached hydrogens (tertiary/aromatic N) is 4. The summed E-state index contributed by atoms with van der Waals surface area (Å²) in [4.78, 5) is 15.8. The zero-order chi connectivity index (χ0) is 24.9. The molecule has 1 fully saturated rings. The monoisotopic (exact) mass is 483 g/mol. The number of hydrogen-bond acceptors (Lipinski definition) is 6. The molecule has 36 heavy (non-hydrogen) atoms. The van der Waals surface area contributed by atoms with Crippen LogP contribution in [-0.2, 0) is 18.4 Å². The largest absolute Gasteiger partial charge is 0.490 e. The van der Waals surface area contributed by atoms with E-state index in [1.54, 1.807) is 10.9 Å². The number of nitrogens with one attached hydrogen (secondary N) is 1. The van der Waals surface area contributed by atoms with Gasteiger partial charge in [-0.25, -0.2) is 9.67 Å². The van der Waals surface area contributed by atoms with E-state index in [0.717, 1.165) is 58.9 Å². The van der Waals surface area contributed by atoms with E-state index in [0.29, 0.717) is 13.0 Å². The van der Waals surface area contributed by atoms with Crippen molar-refractivity contribution in [1.29, 1.82) is 0 Å². The quantitative estimate of drug-likeness (QED) is 0.356. The molecule has 2 heterocycles. The van der Waals surface area contributed by atoms with Gasteiger partial charge in [0.25, 0.3) is 0 Å². The zero-order valence-corrected chi connectivity index (χ0v) is 20.2. The van der Waals surface area contributed by atoms with Gasteiger partial charge in [0.15, 0.2) is 0 Å². The highest BCUT2D eigenvalue weighted by Gasteiger charge is 2.28. The molecule has 4 aromatic rings. The van der Waals surface area contributed by atoms with Gasteiger partial charge in [-0.1, -0.05) is 35.5 Å². The minimum Gasteiger partial charge on any atom is -0.490 e. The molecule has 0 spiro atoms. The van der Waals surface area contributed by atoms with E-state index in [9.17, 15) is 9.90 Å². The van der Waals surface area contributed by atoms with Gasteiger partial charge in [0.1, 0.15) is 17.3 Å². The molecule has 0 saturated heterocycles. The van der Waals surface area contributed by atoms with Gasteiger partial charge in [-0.05, 0) is 73.2 Å². The molecule has 8 heteroatoms. The predicted molar refractivity (Wildman–Crippen MR) is 137 cm³/mol. The molecule has 1 saturated carbocycles. The number of pyridine rings is 1. The minimum atomic E-state index is -0.732. The molecule has 0 bridgehead atoms. The molecule has 1 aliphatic carbocycles. The van der Waals surface area contributed by atoms with Crippen molar-refractivity contribution in [2.45, 2.75) is 38.3 Å². The number of aryl methyl sites for hydroxylation is 1. The van der Waals surface area contributed by atoms with Crippen LogP contribution in [0.1, 0.15) is 31.4 Å². The maximum atomic E-state index is 11.3. The first kappa shape index (κ1) is 23.5. The Kier molecular flexibility index (Phi) is 6.93. The fraction of sp³-hybridized carbons (Fsp3) is 0.286. The molecule has 8 nitrogen and oxygen atoms in total. The van der Waals surface area contributed by atoms with E-state index in [1.807, 2.05) is 61.6 Å². The van der Waals surface area contributed by atoms with E-state index in [4.69, 9.17) is 4.74 Å². The van der Waals surface area contributed by atoms with E-state index >= 15 is 0 Å². The average molecular weight is 484 g/mol. The molecule has 1 unspecified atom stereocenters. The summed E-state index contributed by atoms with van der Waals surface area (Å²) in [6, 6.07) is 22.0. The third kappa shape index (κ3) is 5.38. The van der Waals surface area contributed by atoms with Crippen LogP contribution in [0.5, 0.6) is 5.75 Å². The lowest BCUT2D eigenvalue weighted by atomic mass is 9.87. The van der Waals surface area contributed by atoms with Crippen LogP contribution in [0, 0.1) is 5.92 Å². The number of benzene rings is 2. The SMILES string of the molecule is Cn1nnc(-c2ccc(O[C@H]3CCCC(C(=O)O)C3)cc2)c1CNc1cc(-c2ccccc2)ccn1. The van der Waals surface area contributed by atoms with Crippen LogP contribution in [0.25, 0.3) is 22.4 Å². The van der Waals surface area contributed by atoms with Crippen molar-refractivity contribution >= 4 is 11.8 Å². The van der Waals surface area contributed by atoms with E-state index < -0.39 is 5.97 Å². The molecule has 1 aliphatic rings. The Hall–Kier alpha value is -4.20. The van der Waals surface area contributed by atoms with Crippen molar-refractivity contribution in [1.82, 2.24) is 20.0 Å². The Morgan fingerprint density at radius 2 is 1.86 bits per heavy atom. The van der Waals surface area contributed by atoms with E-state index in [1.165, 1.54) is 0 Å². The molecular formula is C28H29N5O3. The van der Waals surface area contributed by atoms with Gasteiger partial charge in [0, 0.05) is 18.8 Å². The number of anilines is 1. The lowest BCUT2D eigenvalue weighted by Crippen LogP contribution is -2.29. The smallest absolute Gasteiger partial charge is 0.306 e. The topological polar surface area (TPSA) is 102 Å². The summed E-state index contributed by atoms with van der Waals surface area (Å²) in [5.74, 6) is 0.463. The van der Waals surface area contributed by atoms with Crippen LogP contribution in [0.15, 0.2) is 72.9 Å². The third-order valence-electron chi connectivity index (χ3n) is 6.65. The maximum absolute atomic E-state index is 11.3. The number of aromatic nitrogens is 4. The number of carboxylic acid groups (broad SMARTS) is 1. The Morgan fingerprint density at radius 3 is 2.64 bits per heavy atom. The second kappa shape index (κ2) is 10.6. The summed E-state index contributed by atoms with van der Waals surface area (Å²) in [7, 11) is 1.88. The summed E-state index contributed by atoms with van der Waals surface area (Å²) >= 11 is 0. The average Bonchev–Trinajstić information content (AvgIpc) is 3.29. The molecule has 2 aromatic heterocycles. The maximum Gasteiger partial charge on any atom is 0.306 e. The standard InChI is InChI=1S/C28H29N5O3/c1-33-25(18-30-26-17-21(14-15-29-26)19-6-3-2-4-7-19)27(31-32-33)20-10-12-23(13-11-20)36-24-9-5-8-22(16-24)28(34)35/h2-4,6-7,10-15,17,22,24H,5,8-9,16,18H2,1H3,(H,29,30)(H,34,35)/t22?,24-/m0/s1. The van der Waals surface area contributed by atoms with Gasteiger partial charge in [0.2, 0.25) is 0 Å². The number of carbonyl (C=O) groups is 1. The van der Waals surface area contributed by atoms with Gasteiger partial charge in [-0.15, -0.1) is 5.10 Å². The highest BCUT2D eigenvalue weighted by molar-refractivity contribution is 5.70. The molecule has 2 N–H and O–H groups in total. The van der Waals surface area contributed by atoms with Crippen molar-refractivity contribution in [3.8, 4) is 28.1 Å². The molecule has 2 atom stereocenters. The van der Waals surface area contributed by atoms with Crippen LogP contribution in [0.3, 0.4) is 0 Å². The van der Waals surface area contributed by atoms with Gasteiger partial charge < -0.3 is 15.2 Å². The highest BCUT2D eigenvalue weighted by atomic mass is 16.5. The summed E-state index contributed by atoms with van der Waals surface area (Å²) in [6.45, 7) is 0.515. The summed E-state index contributed by atoms with van der Waals surface area (Å²) in [6.07, 6.45) is 4.77. The number of rotatable bonds is 8. The minimum absolute atomic E-state index is 0.0684. The van der Waals surface area contributed by atoms with Crippen molar-refractivity contribution in [2.75, 3.05) is 5.32 Å². The fourth-order valence-corrected chi connectivity index (χ4v) is 4.67.